The lowest BCUT2D eigenvalue weighted by atomic mass is 10.1. The molecule has 0 aliphatic rings. The Hall–Kier alpha value is -3.86. The number of halogens is 3. The molecule has 29 heavy (non-hydrogen) atoms. The smallest absolute Gasteiger partial charge is 0.346 e. The Morgan fingerprint density at radius 3 is 2.48 bits per heavy atom. The van der Waals surface area contributed by atoms with Crippen LogP contribution in [0.3, 0.4) is 0 Å². The second-order valence-electron chi connectivity index (χ2n) is 6.47. The number of fused-ring (bicyclic) bond motifs is 1. The van der Waals surface area contributed by atoms with Crippen LogP contribution in [0.5, 0.6) is 0 Å². The van der Waals surface area contributed by atoms with Gasteiger partial charge in [-0.3, -0.25) is 0 Å². The summed E-state index contributed by atoms with van der Waals surface area (Å²) in [5.74, 6) is 0.529. The Labute approximate surface area is 163 Å². The number of rotatable bonds is 4. The molecule has 3 heterocycles. The predicted molar refractivity (Wildman–Crippen MR) is 103 cm³/mol. The van der Waals surface area contributed by atoms with Gasteiger partial charge in [-0.25, -0.2) is 9.97 Å². The number of alkyl halides is 3. The molecule has 0 saturated carbocycles. The molecule has 1 aromatic carbocycles. The van der Waals surface area contributed by atoms with Gasteiger partial charge in [-0.2, -0.15) is 18.4 Å². The summed E-state index contributed by atoms with van der Waals surface area (Å²) in [4.78, 5) is 11.6. The van der Waals surface area contributed by atoms with Crippen LogP contribution in [0.2, 0.25) is 0 Å². The van der Waals surface area contributed by atoms with Gasteiger partial charge >= 0.3 is 6.18 Å². The molecule has 0 unspecified atom stereocenters. The first-order valence-electron chi connectivity index (χ1n) is 8.68. The van der Waals surface area contributed by atoms with Crippen LogP contribution in [0.25, 0.3) is 11.0 Å². The quantitative estimate of drug-likeness (QED) is 0.501. The average Bonchev–Trinajstić information content (AvgIpc) is 3.11. The van der Waals surface area contributed by atoms with Gasteiger partial charge in [0.15, 0.2) is 0 Å². The largest absolute Gasteiger partial charge is 0.416 e. The van der Waals surface area contributed by atoms with E-state index in [1.807, 2.05) is 12.3 Å². The van der Waals surface area contributed by atoms with E-state index in [0.717, 1.165) is 28.6 Å². The van der Waals surface area contributed by atoms with Gasteiger partial charge in [-0.05, 0) is 47.5 Å². The third-order valence-corrected chi connectivity index (χ3v) is 4.45. The predicted octanol–water partition coefficient (Wildman–Crippen LogP) is 5.18. The fourth-order valence-corrected chi connectivity index (χ4v) is 2.98. The molecule has 5 nitrogen and oxygen atoms in total. The van der Waals surface area contributed by atoms with Gasteiger partial charge in [0.25, 0.3) is 0 Å². The average molecular weight is 393 g/mol. The Kier molecular flexibility index (Phi) is 4.64. The zero-order valence-electron chi connectivity index (χ0n) is 15.0. The number of aromatic nitrogens is 3. The van der Waals surface area contributed by atoms with E-state index in [0.29, 0.717) is 29.1 Å². The molecule has 0 fully saturated rings. The number of nitrogens with zero attached hydrogens (tertiary/aromatic N) is 3. The highest BCUT2D eigenvalue weighted by atomic mass is 19.4. The van der Waals surface area contributed by atoms with Gasteiger partial charge < -0.3 is 10.3 Å². The van der Waals surface area contributed by atoms with Crippen LogP contribution in [0.4, 0.5) is 24.7 Å². The molecular weight excluding hydrogens is 379 g/mol. The molecule has 2 N–H and O–H groups in total. The molecule has 3 aromatic heterocycles. The first-order valence-corrected chi connectivity index (χ1v) is 8.68. The van der Waals surface area contributed by atoms with Crippen LogP contribution in [0.1, 0.15) is 22.3 Å². The highest BCUT2D eigenvalue weighted by Crippen LogP contribution is 2.30. The lowest BCUT2D eigenvalue weighted by Crippen LogP contribution is -2.04. The van der Waals surface area contributed by atoms with Crippen LogP contribution in [0, 0.1) is 11.3 Å². The number of hydrogen-bond acceptors (Lipinski definition) is 4. The van der Waals surface area contributed by atoms with E-state index in [-0.39, 0.29) is 0 Å². The SMILES string of the molecule is N#Cc1cnc2[nH]cc(Cc3ccc(Nc4ccc(C(F)(F)F)cc4)nc3)c2c1. The summed E-state index contributed by atoms with van der Waals surface area (Å²) < 4.78 is 37.9. The first kappa shape index (κ1) is 18.5. The molecule has 4 rings (SSSR count). The van der Waals surface area contributed by atoms with E-state index in [1.54, 1.807) is 18.3 Å². The van der Waals surface area contributed by atoms with Crippen LogP contribution >= 0.6 is 0 Å². The molecule has 8 heteroatoms. The Morgan fingerprint density at radius 1 is 1.03 bits per heavy atom. The summed E-state index contributed by atoms with van der Waals surface area (Å²) in [6.45, 7) is 0. The highest BCUT2D eigenvalue weighted by molar-refractivity contribution is 5.81. The Morgan fingerprint density at radius 2 is 1.83 bits per heavy atom. The van der Waals surface area contributed by atoms with Crippen LogP contribution in [0.15, 0.2) is 61.1 Å². The highest BCUT2D eigenvalue weighted by Gasteiger charge is 2.29. The molecule has 0 radical (unpaired) electrons. The van der Waals surface area contributed by atoms with E-state index in [9.17, 15) is 13.2 Å². The van der Waals surface area contributed by atoms with Crippen molar-refractivity contribution in [3.05, 3.63) is 83.3 Å². The number of anilines is 2. The summed E-state index contributed by atoms with van der Waals surface area (Å²) in [5.41, 5.74) is 2.98. The van der Waals surface area contributed by atoms with Crippen molar-refractivity contribution in [3.63, 3.8) is 0 Å². The molecule has 4 aromatic rings. The number of pyridine rings is 2. The van der Waals surface area contributed by atoms with Crippen molar-refractivity contribution in [1.82, 2.24) is 15.0 Å². The second kappa shape index (κ2) is 7.28. The monoisotopic (exact) mass is 393 g/mol. The van der Waals surface area contributed by atoms with Gasteiger partial charge in [0, 0.05) is 36.1 Å². The van der Waals surface area contributed by atoms with Gasteiger partial charge in [0.2, 0.25) is 0 Å². The zero-order chi connectivity index (χ0) is 20.4. The van der Waals surface area contributed by atoms with Crippen molar-refractivity contribution in [3.8, 4) is 6.07 Å². The molecule has 0 amide bonds. The number of aromatic amines is 1. The maximum atomic E-state index is 12.6. The number of hydrogen-bond donors (Lipinski definition) is 2. The third-order valence-electron chi connectivity index (χ3n) is 4.45. The molecule has 0 aliphatic carbocycles. The van der Waals surface area contributed by atoms with E-state index in [4.69, 9.17) is 5.26 Å². The van der Waals surface area contributed by atoms with Gasteiger partial charge in [0.05, 0.1) is 11.1 Å². The van der Waals surface area contributed by atoms with E-state index in [1.165, 1.54) is 18.3 Å². The van der Waals surface area contributed by atoms with Crippen LogP contribution < -0.4 is 5.32 Å². The molecule has 0 saturated heterocycles. The lowest BCUT2D eigenvalue weighted by Gasteiger charge is -2.09. The van der Waals surface area contributed by atoms with Crippen LogP contribution in [-0.4, -0.2) is 15.0 Å². The molecule has 0 aliphatic heterocycles. The summed E-state index contributed by atoms with van der Waals surface area (Å²) in [7, 11) is 0. The Bertz CT molecular complexity index is 1190. The number of benzene rings is 1. The number of H-pyrrole nitrogens is 1. The van der Waals surface area contributed by atoms with Crippen molar-refractivity contribution in [2.45, 2.75) is 12.6 Å². The summed E-state index contributed by atoms with van der Waals surface area (Å²) in [6, 6.07) is 12.3. The van der Waals surface area contributed by atoms with Gasteiger partial charge in [-0.15, -0.1) is 0 Å². The molecule has 144 valence electrons. The molecular formula is C21H14F3N5. The second-order valence-corrected chi connectivity index (χ2v) is 6.47. The van der Waals surface area contributed by atoms with Crippen molar-refractivity contribution >= 4 is 22.5 Å². The maximum Gasteiger partial charge on any atom is 0.416 e. The summed E-state index contributed by atoms with van der Waals surface area (Å²) >= 11 is 0. The minimum atomic E-state index is -4.36. The number of nitrogens with one attached hydrogen (secondary N) is 2. The topological polar surface area (TPSA) is 77.4 Å². The van der Waals surface area contributed by atoms with Gasteiger partial charge in [0.1, 0.15) is 17.5 Å². The first-order chi connectivity index (χ1) is 13.9. The minimum absolute atomic E-state index is 0.493. The van der Waals surface area contributed by atoms with E-state index < -0.39 is 11.7 Å². The summed E-state index contributed by atoms with van der Waals surface area (Å²) in [6.07, 6.45) is 1.32. The standard InChI is InChI=1S/C21H14F3N5/c22-21(23,24)16-2-4-17(5-3-16)29-19-6-1-13(10-26-19)7-15-12-28-20-18(15)8-14(9-25)11-27-20/h1-6,8,10-12H,7H2,(H,26,29)(H,27,28). The summed E-state index contributed by atoms with van der Waals surface area (Å²) in [5, 5.41) is 12.9. The van der Waals surface area contributed by atoms with E-state index >= 15 is 0 Å². The Balaban J connectivity index is 1.48. The fourth-order valence-electron chi connectivity index (χ4n) is 2.98. The zero-order valence-corrected chi connectivity index (χ0v) is 15.0. The molecule has 0 bridgehead atoms. The van der Waals surface area contributed by atoms with Crippen molar-refractivity contribution in [1.29, 1.82) is 5.26 Å². The lowest BCUT2D eigenvalue weighted by molar-refractivity contribution is -0.137. The molecule has 0 atom stereocenters. The van der Waals surface area contributed by atoms with Crippen molar-refractivity contribution < 1.29 is 13.2 Å². The maximum absolute atomic E-state index is 12.6. The van der Waals surface area contributed by atoms with Crippen molar-refractivity contribution in [2.75, 3.05) is 5.32 Å². The third kappa shape index (κ3) is 4.04. The van der Waals surface area contributed by atoms with Crippen LogP contribution in [-0.2, 0) is 12.6 Å². The van der Waals surface area contributed by atoms with E-state index in [2.05, 4.69) is 26.3 Å². The fraction of sp³-hybridized carbons (Fsp3) is 0.0952. The minimum Gasteiger partial charge on any atom is -0.346 e. The van der Waals surface area contributed by atoms with Crippen molar-refractivity contribution in [2.24, 2.45) is 0 Å². The number of nitriles is 1. The van der Waals surface area contributed by atoms with Gasteiger partial charge in [-0.1, -0.05) is 6.07 Å². The normalized spacial score (nSPS) is 11.4. The molecule has 0 spiro atoms.